The van der Waals surface area contributed by atoms with Crippen LogP contribution < -0.4 is 9.47 Å². The van der Waals surface area contributed by atoms with Crippen LogP contribution in [0.3, 0.4) is 0 Å². The van der Waals surface area contributed by atoms with E-state index in [1.165, 1.54) is 12.1 Å². The fourth-order valence-electron chi connectivity index (χ4n) is 1.67. The molecule has 0 aliphatic carbocycles. The van der Waals surface area contributed by atoms with Gasteiger partial charge in [0, 0.05) is 6.07 Å². The van der Waals surface area contributed by atoms with E-state index in [2.05, 4.69) is 0 Å². The van der Waals surface area contributed by atoms with Crippen molar-refractivity contribution in [3.05, 3.63) is 42.2 Å². The minimum atomic E-state index is -0.645. The van der Waals surface area contributed by atoms with Gasteiger partial charge in [0.25, 0.3) is 0 Å². The van der Waals surface area contributed by atoms with Crippen LogP contribution in [0.1, 0.15) is 0 Å². The van der Waals surface area contributed by atoms with Crippen molar-refractivity contribution < 1.29 is 19.0 Å². The van der Waals surface area contributed by atoms with E-state index < -0.39 is 5.82 Å². The van der Waals surface area contributed by atoms with Crippen molar-refractivity contribution in [2.24, 2.45) is 0 Å². The molecule has 0 fully saturated rings. The Labute approximate surface area is 104 Å². The first-order valence-corrected chi connectivity index (χ1v) is 5.36. The molecule has 0 aliphatic rings. The fraction of sp³-hybridized carbons (Fsp3) is 0.143. The summed E-state index contributed by atoms with van der Waals surface area (Å²) in [6, 6.07) is 9.49. The molecule has 0 amide bonds. The van der Waals surface area contributed by atoms with Crippen molar-refractivity contribution in [3.63, 3.8) is 0 Å². The lowest BCUT2D eigenvalue weighted by atomic mass is 10.0. The van der Waals surface area contributed by atoms with Gasteiger partial charge in [-0.3, -0.25) is 0 Å². The molecule has 0 heterocycles. The average Bonchev–Trinajstić information content (AvgIpc) is 2.41. The van der Waals surface area contributed by atoms with Crippen LogP contribution in [0.4, 0.5) is 4.39 Å². The molecule has 0 radical (unpaired) electrons. The zero-order chi connectivity index (χ0) is 13.1. The Balaban J connectivity index is 2.51. The molecule has 1 N–H and O–H groups in total. The smallest absolute Gasteiger partial charge is 0.164 e. The van der Waals surface area contributed by atoms with Gasteiger partial charge in [0.05, 0.1) is 14.2 Å². The maximum absolute atomic E-state index is 13.0. The van der Waals surface area contributed by atoms with Gasteiger partial charge in [-0.25, -0.2) is 4.39 Å². The van der Waals surface area contributed by atoms with E-state index in [0.717, 1.165) is 5.56 Å². The molecule has 0 aromatic heterocycles. The lowest BCUT2D eigenvalue weighted by molar-refractivity contribution is 0.394. The number of ether oxygens (including phenoxy) is 2. The van der Waals surface area contributed by atoms with Crippen molar-refractivity contribution in [3.8, 4) is 28.4 Å². The van der Waals surface area contributed by atoms with E-state index in [0.29, 0.717) is 17.1 Å². The summed E-state index contributed by atoms with van der Waals surface area (Å²) in [5.41, 5.74) is 1.47. The molecule has 0 aliphatic heterocycles. The van der Waals surface area contributed by atoms with Gasteiger partial charge >= 0.3 is 0 Å². The number of hydrogen-bond acceptors (Lipinski definition) is 3. The summed E-state index contributed by atoms with van der Waals surface area (Å²) in [5.74, 6) is 0.240. The highest BCUT2D eigenvalue weighted by Gasteiger charge is 2.07. The van der Waals surface area contributed by atoms with Crippen LogP contribution in [0, 0.1) is 5.82 Å². The Morgan fingerprint density at radius 1 is 0.889 bits per heavy atom. The molecule has 18 heavy (non-hydrogen) atoms. The topological polar surface area (TPSA) is 38.7 Å². The van der Waals surface area contributed by atoms with E-state index >= 15 is 0 Å². The standard InChI is InChI=1S/C14H13FO3/c1-17-11-5-10(6-12(8-11)18-2)9-3-4-13(15)14(16)7-9/h3-8,16H,1-2H3. The zero-order valence-electron chi connectivity index (χ0n) is 10.1. The van der Waals surface area contributed by atoms with Crippen molar-refractivity contribution in [1.29, 1.82) is 0 Å². The van der Waals surface area contributed by atoms with E-state index in [1.54, 1.807) is 38.5 Å². The lowest BCUT2D eigenvalue weighted by Crippen LogP contribution is -1.89. The molecule has 0 saturated heterocycles. The van der Waals surface area contributed by atoms with E-state index in [4.69, 9.17) is 9.47 Å². The van der Waals surface area contributed by atoms with E-state index in [-0.39, 0.29) is 5.75 Å². The predicted molar refractivity (Wildman–Crippen MR) is 66.6 cm³/mol. The second-order valence-corrected chi connectivity index (χ2v) is 3.77. The predicted octanol–water partition coefficient (Wildman–Crippen LogP) is 3.22. The first-order valence-electron chi connectivity index (χ1n) is 5.36. The molecular formula is C14H13FO3. The molecule has 0 bridgehead atoms. The van der Waals surface area contributed by atoms with Gasteiger partial charge in [-0.05, 0) is 35.4 Å². The minimum Gasteiger partial charge on any atom is -0.505 e. The third-order valence-corrected chi connectivity index (χ3v) is 2.63. The molecular weight excluding hydrogens is 235 g/mol. The Kier molecular flexibility index (Phi) is 3.37. The number of benzene rings is 2. The highest BCUT2D eigenvalue weighted by atomic mass is 19.1. The summed E-state index contributed by atoms with van der Waals surface area (Å²) in [6.07, 6.45) is 0. The SMILES string of the molecule is COc1cc(OC)cc(-c2ccc(F)c(O)c2)c1. The minimum absolute atomic E-state index is 0.380. The van der Waals surface area contributed by atoms with Crippen molar-refractivity contribution >= 4 is 0 Å². The average molecular weight is 248 g/mol. The molecule has 3 nitrogen and oxygen atoms in total. The van der Waals surface area contributed by atoms with Gasteiger partial charge in [0.1, 0.15) is 11.5 Å². The third-order valence-electron chi connectivity index (χ3n) is 2.63. The second-order valence-electron chi connectivity index (χ2n) is 3.77. The second kappa shape index (κ2) is 4.96. The quantitative estimate of drug-likeness (QED) is 0.906. The van der Waals surface area contributed by atoms with Gasteiger partial charge in [-0.15, -0.1) is 0 Å². The van der Waals surface area contributed by atoms with Crippen LogP contribution in [0.25, 0.3) is 11.1 Å². The summed E-state index contributed by atoms with van der Waals surface area (Å²) in [7, 11) is 3.11. The fourth-order valence-corrected chi connectivity index (χ4v) is 1.67. The van der Waals surface area contributed by atoms with Gasteiger partial charge in [0.2, 0.25) is 0 Å². The van der Waals surface area contributed by atoms with Crippen molar-refractivity contribution in [2.45, 2.75) is 0 Å². The zero-order valence-corrected chi connectivity index (χ0v) is 10.1. The van der Waals surface area contributed by atoms with Crippen LogP contribution >= 0.6 is 0 Å². The number of phenols is 1. The monoisotopic (exact) mass is 248 g/mol. The normalized spacial score (nSPS) is 10.2. The Morgan fingerprint density at radius 2 is 1.50 bits per heavy atom. The Bertz CT molecular complexity index is 545. The number of aromatic hydroxyl groups is 1. The first kappa shape index (κ1) is 12.2. The molecule has 2 aromatic rings. The molecule has 0 atom stereocenters. The van der Waals surface area contributed by atoms with Gasteiger partial charge < -0.3 is 14.6 Å². The van der Waals surface area contributed by atoms with Crippen LogP contribution in [-0.4, -0.2) is 19.3 Å². The highest BCUT2D eigenvalue weighted by molar-refractivity contribution is 5.68. The number of methoxy groups -OCH3 is 2. The number of phenolic OH excluding ortho intramolecular Hbond substituents is 1. The van der Waals surface area contributed by atoms with Gasteiger partial charge in [-0.2, -0.15) is 0 Å². The van der Waals surface area contributed by atoms with E-state index in [9.17, 15) is 9.50 Å². The summed E-state index contributed by atoms with van der Waals surface area (Å²) >= 11 is 0. The molecule has 94 valence electrons. The van der Waals surface area contributed by atoms with Crippen LogP contribution in [0.2, 0.25) is 0 Å². The van der Waals surface area contributed by atoms with Gasteiger partial charge in [0.15, 0.2) is 11.6 Å². The number of hydrogen-bond donors (Lipinski definition) is 1. The summed E-state index contributed by atoms with van der Waals surface area (Å²) in [6.45, 7) is 0. The van der Waals surface area contributed by atoms with Crippen LogP contribution in [0.15, 0.2) is 36.4 Å². The summed E-state index contributed by atoms with van der Waals surface area (Å²) in [5, 5.41) is 9.38. The Hall–Kier alpha value is -2.23. The van der Waals surface area contributed by atoms with Gasteiger partial charge in [-0.1, -0.05) is 6.07 Å². The van der Waals surface area contributed by atoms with Crippen molar-refractivity contribution in [1.82, 2.24) is 0 Å². The van der Waals surface area contributed by atoms with Crippen LogP contribution in [0.5, 0.6) is 17.2 Å². The third kappa shape index (κ3) is 2.37. The first-order chi connectivity index (χ1) is 8.63. The molecule has 2 rings (SSSR count). The summed E-state index contributed by atoms with van der Waals surface area (Å²) in [4.78, 5) is 0. The molecule has 0 unspecified atom stereocenters. The maximum atomic E-state index is 13.0. The number of rotatable bonds is 3. The summed E-state index contributed by atoms with van der Waals surface area (Å²) < 4.78 is 23.3. The molecule has 2 aromatic carbocycles. The van der Waals surface area contributed by atoms with Crippen molar-refractivity contribution in [2.75, 3.05) is 14.2 Å². The maximum Gasteiger partial charge on any atom is 0.164 e. The van der Waals surface area contributed by atoms with Crippen LogP contribution in [-0.2, 0) is 0 Å². The molecule has 0 saturated carbocycles. The highest BCUT2D eigenvalue weighted by Crippen LogP contribution is 2.31. The lowest BCUT2D eigenvalue weighted by Gasteiger charge is -2.09. The number of halogens is 1. The Morgan fingerprint density at radius 3 is 2.00 bits per heavy atom. The molecule has 0 spiro atoms. The molecule has 4 heteroatoms. The van der Waals surface area contributed by atoms with E-state index in [1.807, 2.05) is 0 Å². The largest absolute Gasteiger partial charge is 0.505 e.